The van der Waals surface area contributed by atoms with E-state index >= 15 is 0 Å². The third-order valence-corrected chi connectivity index (χ3v) is 6.57. The molecule has 0 bridgehead atoms. The van der Waals surface area contributed by atoms with Crippen molar-refractivity contribution in [2.24, 2.45) is 0 Å². The van der Waals surface area contributed by atoms with Gasteiger partial charge in [-0.05, 0) is 32.2 Å². The molecule has 0 aliphatic rings. The molecule has 0 aromatic heterocycles. The molecule has 1 unspecified atom stereocenters. The Labute approximate surface area is 149 Å². The van der Waals surface area contributed by atoms with Gasteiger partial charge in [-0.2, -0.15) is 0 Å². The highest BCUT2D eigenvalue weighted by Gasteiger charge is 2.29. The van der Waals surface area contributed by atoms with E-state index in [1.807, 2.05) is 0 Å². The van der Waals surface area contributed by atoms with Gasteiger partial charge in [-0.25, -0.2) is 9.36 Å². The Hall–Kier alpha value is -0.0500. The molecule has 3 atom stereocenters. The van der Waals surface area contributed by atoms with Crippen molar-refractivity contribution in [3.05, 3.63) is 12.7 Å². The van der Waals surface area contributed by atoms with Crippen LogP contribution in [0.5, 0.6) is 0 Å². The Kier molecular flexibility index (Phi) is 10.7. The summed E-state index contributed by atoms with van der Waals surface area (Å²) < 4.78 is 27.5. The minimum atomic E-state index is -3.36. The van der Waals surface area contributed by atoms with E-state index in [-0.39, 0.29) is 12.4 Å². The average molecular weight is 434 g/mol. The van der Waals surface area contributed by atoms with Gasteiger partial charge in [-0.3, -0.25) is 4.52 Å². The van der Waals surface area contributed by atoms with Gasteiger partial charge in [0.25, 0.3) is 0 Å². The van der Waals surface area contributed by atoms with Crippen LogP contribution in [0.15, 0.2) is 12.7 Å². The van der Waals surface area contributed by atoms with Gasteiger partial charge in [0, 0.05) is 18.2 Å². The van der Waals surface area contributed by atoms with E-state index in [4.69, 9.17) is 13.8 Å². The number of hydrogen-bond donors (Lipinski definition) is 2. The normalized spacial score (nSPS) is 17.0. The molecule has 0 fully saturated rings. The van der Waals surface area contributed by atoms with Gasteiger partial charge >= 0.3 is 12.9 Å². The van der Waals surface area contributed by atoms with Crippen LogP contribution in [0.4, 0.5) is 4.79 Å². The largest absolute Gasteiger partial charge is 0.444 e. The van der Waals surface area contributed by atoms with Gasteiger partial charge in [-0.1, -0.05) is 22.0 Å². The molecule has 2 N–H and O–H groups in total. The molecule has 10 heteroatoms. The van der Waals surface area contributed by atoms with Crippen LogP contribution in [0.3, 0.4) is 0 Å². The SMILES string of the molecule is C=C[C@@H](O)[C@H](CSP(=O)(OC)OCCBr)NC(=O)OC(C)(C)C. The molecule has 7 nitrogen and oxygen atoms in total. The molecule has 0 heterocycles. The summed E-state index contributed by atoms with van der Waals surface area (Å²) in [7, 11) is 1.28. The van der Waals surface area contributed by atoms with E-state index in [2.05, 4.69) is 27.8 Å². The van der Waals surface area contributed by atoms with E-state index in [9.17, 15) is 14.5 Å². The summed E-state index contributed by atoms with van der Waals surface area (Å²) in [5.41, 5.74) is -0.665. The highest BCUT2D eigenvalue weighted by atomic mass is 79.9. The van der Waals surface area contributed by atoms with Crippen molar-refractivity contribution in [1.29, 1.82) is 0 Å². The minimum absolute atomic E-state index is 0.0971. The summed E-state index contributed by atoms with van der Waals surface area (Å²) in [6.45, 7) is 5.54. The van der Waals surface area contributed by atoms with Crippen molar-refractivity contribution in [1.82, 2.24) is 5.32 Å². The summed E-state index contributed by atoms with van der Waals surface area (Å²) in [4.78, 5) is 11.8. The molecule has 0 radical (unpaired) electrons. The zero-order valence-corrected chi connectivity index (χ0v) is 17.1. The summed E-state index contributed by atoms with van der Waals surface area (Å²) in [6.07, 6.45) is -0.436. The molecule has 136 valence electrons. The molecular weight excluding hydrogens is 409 g/mol. The smallest absolute Gasteiger partial charge is 0.408 e. The lowest BCUT2D eigenvalue weighted by Gasteiger charge is -2.26. The van der Waals surface area contributed by atoms with Gasteiger partial charge in [-0.15, -0.1) is 6.58 Å². The van der Waals surface area contributed by atoms with Crippen LogP contribution < -0.4 is 5.32 Å². The first-order valence-corrected chi connectivity index (χ1v) is 11.1. The Morgan fingerprint density at radius 1 is 1.52 bits per heavy atom. The number of carbonyl (C=O) groups excluding carboxylic acids is 1. The first-order valence-electron chi connectivity index (χ1n) is 6.88. The van der Waals surface area contributed by atoms with E-state index in [0.717, 1.165) is 11.4 Å². The van der Waals surface area contributed by atoms with Crippen molar-refractivity contribution in [2.75, 3.05) is 24.8 Å². The topological polar surface area (TPSA) is 94.1 Å². The maximum atomic E-state index is 12.3. The zero-order chi connectivity index (χ0) is 18.1. The van der Waals surface area contributed by atoms with Crippen molar-refractivity contribution in [3.63, 3.8) is 0 Å². The second-order valence-electron chi connectivity index (χ2n) is 5.43. The van der Waals surface area contributed by atoms with Gasteiger partial charge in [0.2, 0.25) is 0 Å². The quantitative estimate of drug-likeness (QED) is 0.310. The minimum Gasteiger partial charge on any atom is -0.444 e. The molecule has 0 saturated carbocycles. The molecule has 0 rings (SSSR count). The Bertz CT molecular complexity index is 431. The lowest BCUT2D eigenvalue weighted by molar-refractivity contribution is 0.0467. The fourth-order valence-electron chi connectivity index (χ4n) is 1.31. The van der Waals surface area contributed by atoms with Crippen LogP contribution >= 0.6 is 34.1 Å². The van der Waals surface area contributed by atoms with E-state index in [1.165, 1.54) is 13.2 Å². The number of hydrogen-bond acceptors (Lipinski definition) is 7. The van der Waals surface area contributed by atoms with Crippen molar-refractivity contribution >= 4 is 40.2 Å². The van der Waals surface area contributed by atoms with Crippen molar-refractivity contribution < 1.29 is 28.3 Å². The zero-order valence-electron chi connectivity index (χ0n) is 13.8. The number of alkyl carbamates (subject to hydrolysis) is 1. The van der Waals surface area contributed by atoms with Crippen molar-refractivity contribution in [3.8, 4) is 0 Å². The van der Waals surface area contributed by atoms with Gasteiger partial charge < -0.3 is 19.7 Å². The molecule has 0 aromatic carbocycles. The summed E-state index contributed by atoms with van der Waals surface area (Å²) in [5, 5.41) is 13.0. The number of ether oxygens (including phenoxy) is 1. The average Bonchev–Trinajstić information content (AvgIpc) is 2.46. The predicted octanol–water partition coefficient (Wildman–Crippen LogP) is 3.33. The highest BCUT2D eigenvalue weighted by Crippen LogP contribution is 2.60. The Morgan fingerprint density at radius 2 is 2.13 bits per heavy atom. The lowest BCUT2D eigenvalue weighted by Crippen LogP contribution is -2.46. The number of aliphatic hydroxyl groups is 1. The maximum absolute atomic E-state index is 12.3. The van der Waals surface area contributed by atoms with Crippen LogP contribution in [-0.2, 0) is 18.3 Å². The second kappa shape index (κ2) is 10.7. The number of halogens is 1. The Morgan fingerprint density at radius 3 is 2.57 bits per heavy atom. The summed E-state index contributed by atoms with van der Waals surface area (Å²) in [5.74, 6) is 0.0971. The maximum Gasteiger partial charge on any atom is 0.408 e. The number of amides is 1. The van der Waals surface area contributed by atoms with Crippen LogP contribution in [0.25, 0.3) is 0 Å². The molecule has 0 aliphatic carbocycles. The number of nitrogens with one attached hydrogen (secondary N) is 1. The first-order chi connectivity index (χ1) is 10.6. The third-order valence-electron chi connectivity index (χ3n) is 2.32. The van der Waals surface area contributed by atoms with E-state index in [1.54, 1.807) is 20.8 Å². The highest BCUT2D eigenvalue weighted by molar-refractivity contribution is 9.09. The molecule has 23 heavy (non-hydrogen) atoms. The van der Waals surface area contributed by atoms with Gasteiger partial charge in [0.05, 0.1) is 18.8 Å². The standard InChI is InChI=1S/C13H25BrNO6PS/c1-6-11(16)10(15-12(17)21-13(2,3)4)9-23-22(18,19-5)20-8-7-14/h6,10-11,16H,1,7-9H2,2-5H3,(H,15,17)/t10-,11+,22?/m0/s1. The summed E-state index contributed by atoms with van der Waals surface area (Å²) >= 11 is 4.06. The molecular formula is C13H25BrNO6PS. The molecule has 1 amide bonds. The fourth-order valence-corrected chi connectivity index (χ4v) is 4.74. The molecule has 0 saturated heterocycles. The predicted molar refractivity (Wildman–Crippen MR) is 96.2 cm³/mol. The summed E-state index contributed by atoms with van der Waals surface area (Å²) in [6, 6.07) is -0.747. The third kappa shape index (κ3) is 10.4. The Balaban J connectivity index is 4.77. The van der Waals surface area contributed by atoms with Crippen LogP contribution in [0, 0.1) is 0 Å². The number of rotatable bonds is 10. The molecule has 0 aliphatic heterocycles. The second-order valence-corrected chi connectivity index (χ2v) is 10.4. The number of carbonyl (C=O) groups is 1. The fraction of sp³-hybridized carbons (Fsp3) is 0.769. The van der Waals surface area contributed by atoms with Crippen LogP contribution in [0.1, 0.15) is 20.8 Å². The van der Waals surface area contributed by atoms with Gasteiger partial charge in [0.15, 0.2) is 0 Å². The number of alkyl halides is 1. The first kappa shape index (κ1) is 22.9. The monoisotopic (exact) mass is 433 g/mol. The van der Waals surface area contributed by atoms with Gasteiger partial charge in [0.1, 0.15) is 5.60 Å². The van der Waals surface area contributed by atoms with Crippen LogP contribution in [0.2, 0.25) is 0 Å². The van der Waals surface area contributed by atoms with Crippen LogP contribution in [-0.4, -0.2) is 53.7 Å². The van der Waals surface area contributed by atoms with Crippen molar-refractivity contribution in [2.45, 2.75) is 38.5 Å². The van der Waals surface area contributed by atoms with E-state index < -0.39 is 30.6 Å². The molecule has 0 aromatic rings. The lowest BCUT2D eigenvalue weighted by atomic mass is 10.2. The number of aliphatic hydroxyl groups excluding tert-OH is 1. The van der Waals surface area contributed by atoms with E-state index in [0.29, 0.717) is 5.33 Å². The molecule has 0 spiro atoms.